The van der Waals surface area contributed by atoms with Gasteiger partial charge in [-0.3, -0.25) is 9.59 Å². The quantitative estimate of drug-likeness (QED) is 0.609. The number of hydrogen-bond donors (Lipinski definition) is 1. The minimum atomic E-state index is -0.323. The van der Waals surface area contributed by atoms with Crippen LogP contribution in [0.25, 0.3) is 6.08 Å². The molecule has 0 aliphatic carbocycles. The lowest BCUT2D eigenvalue weighted by atomic mass is 9.96. The SMILES string of the molecule is COCC(C)n1c(C)cc(/C=C(\C#N)C(=O)N2CCC(C(N)=O)CC2)c1C. The summed E-state index contributed by atoms with van der Waals surface area (Å²) in [6.07, 6.45) is 2.74. The van der Waals surface area contributed by atoms with Gasteiger partial charge in [0, 0.05) is 37.5 Å². The minimum Gasteiger partial charge on any atom is -0.383 e. The second kappa shape index (κ2) is 8.87. The largest absolute Gasteiger partial charge is 0.383 e. The van der Waals surface area contributed by atoms with Crippen LogP contribution in [0, 0.1) is 31.1 Å². The first-order valence-electron chi connectivity index (χ1n) is 9.17. The van der Waals surface area contributed by atoms with Crippen LogP contribution in [-0.2, 0) is 14.3 Å². The zero-order chi connectivity index (χ0) is 20.1. The molecule has 2 amide bonds. The monoisotopic (exact) mass is 372 g/mol. The van der Waals surface area contributed by atoms with E-state index in [1.807, 2.05) is 26.0 Å². The Morgan fingerprint density at radius 2 is 2.04 bits per heavy atom. The number of nitrogens with zero attached hydrogens (tertiary/aromatic N) is 3. The van der Waals surface area contributed by atoms with Crippen LogP contribution in [-0.4, -0.2) is 48.1 Å². The highest BCUT2D eigenvalue weighted by Gasteiger charge is 2.27. The number of carbonyl (C=O) groups excluding carboxylic acids is 2. The summed E-state index contributed by atoms with van der Waals surface area (Å²) in [7, 11) is 1.67. The smallest absolute Gasteiger partial charge is 0.264 e. The highest BCUT2D eigenvalue weighted by Crippen LogP contribution is 2.24. The number of ether oxygens (including phenoxy) is 1. The summed E-state index contributed by atoms with van der Waals surface area (Å²) in [5.41, 5.74) is 8.34. The van der Waals surface area contributed by atoms with E-state index in [0.717, 1.165) is 17.0 Å². The van der Waals surface area contributed by atoms with Crippen molar-refractivity contribution in [3.05, 3.63) is 28.6 Å². The van der Waals surface area contributed by atoms with E-state index in [-0.39, 0.29) is 29.3 Å². The Kier molecular flexibility index (Phi) is 6.81. The molecule has 7 nitrogen and oxygen atoms in total. The maximum Gasteiger partial charge on any atom is 0.264 e. The molecule has 1 fully saturated rings. The number of amides is 2. The van der Waals surface area contributed by atoms with E-state index >= 15 is 0 Å². The number of aromatic nitrogens is 1. The standard InChI is InChI=1S/C20H28N4O3/c1-13-9-17(15(3)24(13)14(2)12-27-4)10-18(11-21)20(26)23-7-5-16(6-8-23)19(22)25/h9-10,14,16H,5-8,12H2,1-4H3,(H2,22,25)/b18-10+. The zero-order valence-electron chi connectivity index (χ0n) is 16.5. The normalized spacial score (nSPS) is 16.9. The maximum absolute atomic E-state index is 12.7. The number of methoxy groups -OCH3 is 1. The van der Waals surface area contributed by atoms with Gasteiger partial charge in [0.05, 0.1) is 12.6 Å². The molecule has 2 heterocycles. The Hall–Kier alpha value is -2.59. The lowest BCUT2D eigenvalue weighted by Crippen LogP contribution is -2.42. The number of piperidine rings is 1. The van der Waals surface area contributed by atoms with Gasteiger partial charge in [0.25, 0.3) is 5.91 Å². The number of hydrogen-bond acceptors (Lipinski definition) is 4. The summed E-state index contributed by atoms with van der Waals surface area (Å²) in [5.74, 6) is -0.810. The fourth-order valence-corrected chi connectivity index (χ4v) is 3.78. The zero-order valence-corrected chi connectivity index (χ0v) is 16.5. The molecule has 2 N–H and O–H groups in total. The molecule has 0 radical (unpaired) electrons. The van der Waals surface area contributed by atoms with Gasteiger partial charge in [-0.2, -0.15) is 5.26 Å². The van der Waals surface area contributed by atoms with Gasteiger partial charge < -0.3 is 19.9 Å². The van der Waals surface area contributed by atoms with E-state index in [2.05, 4.69) is 11.5 Å². The Bertz CT molecular complexity index is 780. The molecule has 27 heavy (non-hydrogen) atoms. The van der Waals surface area contributed by atoms with Gasteiger partial charge in [0.1, 0.15) is 11.6 Å². The molecule has 146 valence electrons. The van der Waals surface area contributed by atoms with Gasteiger partial charge in [0.15, 0.2) is 0 Å². The molecule has 1 aromatic heterocycles. The molecule has 0 spiro atoms. The van der Waals surface area contributed by atoms with Crippen molar-refractivity contribution in [2.24, 2.45) is 11.7 Å². The van der Waals surface area contributed by atoms with Gasteiger partial charge in [-0.1, -0.05) is 0 Å². The first-order valence-corrected chi connectivity index (χ1v) is 9.17. The van der Waals surface area contributed by atoms with Crippen LogP contribution in [0.5, 0.6) is 0 Å². The molecule has 0 bridgehead atoms. The van der Waals surface area contributed by atoms with Gasteiger partial charge in [0.2, 0.25) is 5.91 Å². The van der Waals surface area contributed by atoms with Crippen LogP contribution in [0.15, 0.2) is 11.6 Å². The van der Waals surface area contributed by atoms with Gasteiger partial charge in [-0.05, 0) is 51.3 Å². The van der Waals surface area contributed by atoms with Crippen molar-refractivity contribution in [3.63, 3.8) is 0 Å². The van der Waals surface area contributed by atoms with E-state index in [1.165, 1.54) is 0 Å². The second-order valence-corrected chi connectivity index (χ2v) is 7.14. The molecule has 1 atom stereocenters. The third kappa shape index (κ3) is 4.58. The highest BCUT2D eigenvalue weighted by atomic mass is 16.5. The Morgan fingerprint density at radius 1 is 1.41 bits per heavy atom. The summed E-state index contributed by atoms with van der Waals surface area (Å²) < 4.78 is 7.39. The van der Waals surface area contributed by atoms with Crippen LogP contribution >= 0.6 is 0 Å². The number of aryl methyl sites for hydroxylation is 1. The first-order chi connectivity index (χ1) is 12.8. The number of carbonyl (C=O) groups is 2. The molecule has 0 aromatic carbocycles. The van der Waals surface area contributed by atoms with E-state index in [0.29, 0.717) is 32.5 Å². The molecule has 1 unspecified atom stereocenters. The van der Waals surface area contributed by atoms with Gasteiger partial charge >= 0.3 is 0 Å². The maximum atomic E-state index is 12.7. The van der Waals surface area contributed by atoms with Gasteiger partial charge in [-0.15, -0.1) is 0 Å². The van der Waals surface area contributed by atoms with Crippen molar-refractivity contribution in [2.45, 2.75) is 39.7 Å². The lowest BCUT2D eigenvalue weighted by molar-refractivity contribution is -0.131. The summed E-state index contributed by atoms with van der Waals surface area (Å²) in [6.45, 7) is 7.50. The van der Waals surface area contributed by atoms with Crippen molar-refractivity contribution in [1.29, 1.82) is 5.26 Å². The lowest BCUT2D eigenvalue weighted by Gasteiger charge is -2.30. The molecule has 1 saturated heterocycles. The van der Waals surface area contributed by atoms with E-state index in [4.69, 9.17) is 10.5 Å². The van der Waals surface area contributed by atoms with Crippen LogP contribution in [0.2, 0.25) is 0 Å². The van der Waals surface area contributed by atoms with Crippen LogP contribution in [0.1, 0.15) is 42.8 Å². The predicted octanol–water partition coefficient (Wildman–Crippen LogP) is 1.94. The summed E-state index contributed by atoms with van der Waals surface area (Å²) >= 11 is 0. The molecular weight excluding hydrogens is 344 g/mol. The fraction of sp³-hybridized carbons (Fsp3) is 0.550. The molecule has 1 aromatic rings. The third-order valence-corrected chi connectivity index (χ3v) is 5.21. The average molecular weight is 372 g/mol. The molecule has 1 aliphatic rings. The summed E-state index contributed by atoms with van der Waals surface area (Å²) in [6, 6.07) is 4.17. The Labute approximate surface area is 160 Å². The predicted molar refractivity (Wildman–Crippen MR) is 103 cm³/mol. The number of likely N-dealkylation sites (tertiary alicyclic amines) is 1. The van der Waals surface area contributed by atoms with Crippen molar-refractivity contribution in [3.8, 4) is 6.07 Å². The first kappa shape index (κ1) is 20.7. The van der Waals surface area contributed by atoms with Gasteiger partial charge in [-0.25, -0.2) is 0 Å². The Balaban J connectivity index is 2.22. The average Bonchev–Trinajstić information content (AvgIpc) is 2.92. The Morgan fingerprint density at radius 3 is 2.56 bits per heavy atom. The van der Waals surface area contributed by atoms with Crippen LogP contribution in [0.4, 0.5) is 0 Å². The number of rotatable bonds is 6. The molecule has 0 saturated carbocycles. The van der Waals surface area contributed by atoms with E-state index in [9.17, 15) is 14.9 Å². The van der Waals surface area contributed by atoms with E-state index < -0.39 is 0 Å². The topological polar surface area (TPSA) is 101 Å². The molecule has 1 aliphatic heterocycles. The van der Waals surface area contributed by atoms with E-state index in [1.54, 1.807) is 18.1 Å². The molecule has 7 heteroatoms. The number of nitrogens with two attached hydrogens (primary N) is 1. The number of nitriles is 1. The molecule has 2 rings (SSSR count). The highest BCUT2D eigenvalue weighted by molar-refractivity contribution is 6.02. The van der Waals surface area contributed by atoms with Crippen LogP contribution in [0.3, 0.4) is 0 Å². The molecular formula is C20H28N4O3. The minimum absolute atomic E-state index is 0.104. The van der Waals surface area contributed by atoms with Crippen molar-refractivity contribution >= 4 is 17.9 Å². The van der Waals surface area contributed by atoms with Crippen LogP contribution < -0.4 is 5.73 Å². The number of primary amides is 1. The second-order valence-electron chi connectivity index (χ2n) is 7.14. The van der Waals surface area contributed by atoms with Crippen molar-refractivity contribution in [1.82, 2.24) is 9.47 Å². The third-order valence-electron chi connectivity index (χ3n) is 5.21. The fourth-order valence-electron chi connectivity index (χ4n) is 3.78. The van der Waals surface area contributed by atoms with Crippen molar-refractivity contribution < 1.29 is 14.3 Å². The van der Waals surface area contributed by atoms with Crippen molar-refractivity contribution in [2.75, 3.05) is 26.8 Å². The summed E-state index contributed by atoms with van der Waals surface area (Å²) in [5, 5.41) is 9.52. The summed E-state index contributed by atoms with van der Waals surface area (Å²) in [4.78, 5) is 25.6.